The van der Waals surface area contributed by atoms with E-state index in [1.54, 1.807) is 6.07 Å². The van der Waals surface area contributed by atoms with Gasteiger partial charge in [-0.25, -0.2) is 9.37 Å². The number of fused-ring (bicyclic) bond motifs is 1. The lowest BCUT2D eigenvalue weighted by atomic mass is 9.96. The fraction of sp³-hybridized carbons (Fsp3) is 0.462. The van der Waals surface area contributed by atoms with Crippen LogP contribution in [0, 0.1) is 11.7 Å². The van der Waals surface area contributed by atoms with Gasteiger partial charge in [0.15, 0.2) is 0 Å². The summed E-state index contributed by atoms with van der Waals surface area (Å²) in [6.45, 7) is 3.47. The summed E-state index contributed by atoms with van der Waals surface area (Å²) in [5, 5.41) is 3.75. The number of anilines is 1. The minimum atomic E-state index is -0.321. The van der Waals surface area contributed by atoms with Gasteiger partial charge in [0.25, 0.3) is 0 Å². The Labute approximate surface area is 204 Å². The third-order valence-corrected chi connectivity index (χ3v) is 7.59. The molecule has 2 aromatic carbocycles. The minimum absolute atomic E-state index is 0.0247. The maximum absolute atomic E-state index is 13.6. The van der Waals surface area contributed by atoms with Gasteiger partial charge in [0.1, 0.15) is 11.6 Å². The quantitative estimate of drug-likeness (QED) is 0.526. The van der Waals surface area contributed by atoms with Gasteiger partial charge < -0.3 is 20.1 Å². The molecule has 2 atom stereocenters. The van der Waals surface area contributed by atoms with E-state index in [4.69, 9.17) is 11.6 Å². The van der Waals surface area contributed by atoms with E-state index in [2.05, 4.69) is 32.1 Å². The first kappa shape index (κ1) is 23.1. The topological polar surface area (TPSA) is 64.3 Å². The highest BCUT2D eigenvalue weighted by atomic mass is 35.5. The van der Waals surface area contributed by atoms with Gasteiger partial charge >= 0.3 is 0 Å². The van der Waals surface area contributed by atoms with Crippen molar-refractivity contribution in [2.45, 2.75) is 38.1 Å². The van der Waals surface area contributed by atoms with Crippen LogP contribution in [0.4, 0.5) is 10.1 Å². The van der Waals surface area contributed by atoms with E-state index in [0.717, 1.165) is 55.7 Å². The van der Waals surface area contributed by atoms with Gasteiger partial charge in [0.05, 0.1) is 22.0 Å². The van der Waals surface area contributed by atoms with Crippen LogP contribution in [0.5, 0.6) is 0 Å². The molecule has 5 rings (SSSR count). The summed E-state index contributed by atoms with van der Waals surface area (Å²) in [4.78, 5) is 25.3. The number of amides is 1. The number of nitrogens with zero attached hydrogens (tertiary/aromatic N) is 3. The van der Waals surface area contributed by atoms with Crippen LogP contribution in [0.3, 0.4) is 0 Å². The molecule has 1 unspecified atom stereocenters. The number of likely N-dealkylation sites (tertiary alicyclic amines) is 1. The number of benzene rings is 2. The lowest BCUT2D eigenvalue weighted by molar-refractivity contribution is -0.125. The third kappa shape index (κ3) is 4.91. The van der Waals surface area contributed by atoms with Crippen molar-refractivity contribution in [1.29, 1.82) is 0 Å². The van der Waals surface area contributed by atoms with Crippen LogP contribution in [-0.4, -0.2) is 60.0 Å². The van der Waals surface area contributed by atoms with Gasteiger partial charge in [-0.3, -0.25) is 4.79 Å². The van der Waals surface area contributed by atoms with Crippen molar-refractivity contribution in [2.24, 2.45) is 5.92 Å². The van der Waals surface area contributed by atoms with Crippen molar-refractivity contribution in [1.82, 2.24) is 20.2 Å². The van der Waals surface area contributed by atoms with E-state index in [1.165, 1.54) is 25.0 Å². The summed E-state index contributed by atoms with van der Waals surface area (Å²) < 4.78 is 13.6. The fourth-order valence-electron chi connectivity index (χ4n) is 5.27. The molecule has 34 heavy (non-hydrogen) atoms. The molecule has 0 spiro atoms. The summed E-state index contributed by atoms with van der Waals surface area (Å²) in [6, 6.07) is 10.9. The molecule has 1 amide bonds. The van der Waals surface area contributed by atoms with Gasteiger partial charge in [0.2, 0.25) is 5.91 Å². The second-order valence-electron chi connectivity index (χ2n) is 9.55. The number of rotatable bonds is 6. The predicted octanol–water partition coefficient (Wildman–Crippen LogP) is 4.84. The zero-order chi connectivity index (χ0) is 23.7. The van der Waals surface area contributed by atoms with Crippen LogP contribution < -0.4 is 10.2 Å². The van der Waals surface area contributed by atoms with E-state index in [9.17, 15) is 9.18 Å². The Morgan fingerprint density at radius 1 is 1.21 bits per heavy atom. The molecule has 2 fully saturated rings. The van der Waals surface area contributed by atoms with Crippen LogP contribution in [-0.2, 0) is 4.79 Å². The van der Waals surface area contributed by atoms with Crippen LogP contribution in [0.1, 0.15) is 32.1 Å². The van der Waals surface area contributed by atoms with Crippen molar-refractivity contribution < 1.29 is 9.18 Å². The third-order valence-electron chi connectivity index (χ3n) is 7.26. The number of carbonyl (C=O) groups is 1. The Morgan fingerprint density at radius 3 is 2.88 bits per heavy atom. The number of carbonyl (C=O) groups excluding carboxylic acids is 1. The monoisotopic (exact) mass is 483 g/mol. The highest BCUT2D eigenvalue weighted by Gasteiger charge is 2.27. The van der Waals surface area contributed by atoms with Crippen molar-refractivity contribution >= 4 is 34.2 Å². The molecule has 180 valence electrons. The number of H-pyrrole nitrogens is 1. The molecule has 0 saturated carbocycles. The fourth-order valence-corrected chi connectivity index (χ4v) is 5.48. The molecule has 0 bridgehead atoms. The molecule has 6 nitrogen and oxygen atoms in total. The van der Waals surface area contributed by atoms with Crippen molar-refractivity contribution in [2.75, 3.05) is 38.1 Å². The van der Waals surface area contributed by atoms with Crippen molar-refractivity contribution in [3.8, 4) is 11.4 Å². The molecule has 2 aliphatic rings. The summed E-state index contributed by atoms with van der Waals surface area (Å²) in [6.07, 6.45) is 5.36. The average Bonchev–Trinajstić information content (AvgIpc) is 3.44. The smallest absolute Gasteiger partial charge is 0.224 e. The lowest BCUT2D eigenvalue weighted by Crippen LogP contribution is -2.44. The van der Waals surface area contributed by atoms with Gasteiger partial charge in [-0.05, 0) is 76.0 Å². The minimum Gasteiger partial charge on any atom is -0.371 e. The van der Waals surface area contributed by atoms with Gasteiger partial charge in [0, 0.05) is 43.0 Å². The molecular formula is C26H31ClFN5O. The number of aromatic nitrogens is 2. The van der Waals surface area contributed by atoms with E-state index >= 15 is 0 Å². The molecule has 3 aromatic rings. The Morgan fingerprint density at radius 2 is 2.06 bits per heavy atom. The zero-order valence-corrected chi connectivity index (χ0v) is 20.2. The average molecular weight is 484 g/mol. The normalized spacial score (nSPS) is 21.3. The summed E-state index contributed by atoms with van der Waals surface area (Å²) in [5.74, 6) is 0.413. The second kappa shape index (κ2) is 9.92. The molecule has 0 aliphatic carbocycles. The second-order valence-corrected chi connectivity index (χ2v) is 9.96. The Balaban J connectivity index is 1.26. The van der Waals surface area contributed by atoms with E-state index in [1.807, 2.05) is 18.2 Å². The maximum atomic E-state index is 13.6. The van der Waals surface area contributed by atoms with Crippen molar-refractivity contribution in [3.05, 3.63) is 47.2 Å². The highest BCUT2D eigenvalue weighted by Crippen LogP contribution is 2.33. The zero-order valence-electron chi connectivity index (χ0n) is 19.5. The first-order chi connectivity index (χ1) is 16.5. The van der Waals surface area contributed by atoms with Crippen LogP contribution in [0.15, 0.2) is 36.4 Å². The van der Waals surface area contributed by atoms with E-state index in [0.29, 0.717) is 29.0 Å². The van der Waals surface area contributed by atoms with Crippen molar-refractivity contribution in [3.63, 3.8) is 0 Å². The Kier molecular flexibility index (Phi) is 6.75. The first-order valence-corrected chi connectivity index (χ1v) is 12.5. The molecule has 8 heteroatoms. The Bertz CT molecular complexity index is 1180. The lowest BCUT2D eigenvalue weighted by Gasteiger charge is -2.34. The number of piperidine rings is 1. The molecule has 2 N–H and O–H groups in total. The van der Waals surface area contributed by atoms with E-state index < -0.39 is 0 Å². The largest absolute Gasteiger partial charge is 0.371 e. The number of hydrogen-bond acceptors (Lipinski definition) is 4. The number of hydrogen-bond donors (Lipinski definition) is 2. The van der Waals surface area contributed by atoms with Crippen LogP contribution in [0.25, 0.3) is 22.4 Å². The van der Waals surface area contributed by atoms with Crippen LogP contribution in [0.2, 0.25) is 5.02 Å². The van der Waals surface area contributed by atoms with E-state index in [-0.39, 0.29) is 17.6 Å². The summed E-state index contributed by atoms with van der Waals surface area (Å²) >= 11 is 6.51. The SMILES string of the molecule is CN1CCCC1CCNC(=O)[C@H]1CCCN(c2ccc(Cl)c(-c3nc4cc(F)ccc4[nH]3)c2)C1. The van der Waals surface area contributed by atoms with Crippen LogP contribution >= 0.6 is 11.6 Å². The van der Waals surface area contributed by atoms with Gasteiger partial charge in [-0.15, -0.1) is 0 Å². The van der Waals surface area contributed by atoms with Gasteiger partial charge in [-0.2, -0.15) is 0 Å². The van der Waals surface area contributed by atoms with Gasteiger partial charge in [-0.1, -0.05) is 11.6 Å². The highest BCUT2D eigenvalue weighted by molar-refractivity contribution is 6.33. The Hall–Kier alpha value is -2.64. The number of halogens is 2. The predicted molar refractivity (Wildman–Crippen MR) is 135 cm³/mol. The standard InChI is InChI=1S/C26H31ClFN5O/c1-32-12-3-5-19(32)10-11-29-26(34)17-4-2-13-33(16-17)20-7-8-22(27)21(15-20)25-30-23-9-6-18(28)14-24(23)31-25/h6-9,14-15,17,19H,2-5,10-13,16H2,1H3,(H,29,34)(H,30,31)/t17-,19?/m0/s1. The number of imidazole rings is 1. The maximum Gasteiger partial charge on any atom is 0.224 e. The first-order valence-electron chi connectivity index (χ1n) is 12.2. The molecular weight excluding hydrogens is 453 g/mol. The molecule has 3 heterocycles. The molecule has 2 saturated heterocycles. The molecule has 1 aromatic heterocycles. The molecule has 2 aliphatic heterocycles. The molecule has 0 radical (unpaired) electrons. The summed E-state index contributed by atoms with van der Waals surface area (Å²) in [5.41, 5.74) is 3.10. The number of aromatic amines is 1. The number of nitrogens with one attached hydrogen (secondary N) is 2. The summed E-state index contributed by atoms with van der Waals surface area (Å²) in [7, 11) is 2.17.